The van der Waals surface area contributed by atoms with Crippen LogP contribution in [0.25, 0.3) is 0 Å². The summed E-state index contributed by atoms with van der Waals surface area (Å²) in [6.07, 6.45) is 0.915. The molecule has 1 rings (SSSR count). The van der Waals surface area contributed by atoms with E-state index in [0.29, 0.717) is 5.57 Å². The Kier molecular flexibility index (Phi) is 4.49. The third-order valence-electron chi connectivity index (χ3n) is 2.18. The van der Waals surface area contributed by atoms with Crippen molar-refractivity contribution in [3.8, 4) is 0 Å². The molecule has 0 spiro atoms. The topological polar surface area (TPSA) is 80.3 Å². The number of sulfonamides is 1. The molecule has 0 saturated carbocycles. The molecule has 0 atom stereocenters. The summed E-state index contributed by atoms with van der Waals surface area (Å²) in [5.74, 6) is -1.01. The third kappa shape index (κ3) is 4.12. The van der Waals surface area contributed by atoms with E-state index in [1.54, 1.807) is 6.92 Å². The maximum absolute atomic E-state index is 13.5. The molecule has 0 heterocycles. The monoisotopic (exact) mass is 307 g/mol. The van der Waals surface area contributed by atoms with Gasteiger partial charge in [-0.1, -0.05) is 12.2 Å². The van der Waals surface area contributed by atoms with Crippen LogP contribution in [0.2, 0.25) is 0 Å². The summed E-state index contributed by atoms with van der Waals surface area (Å²) in [4.78, 5) is -0.957. The highest BCUT2D eigenvalue weighted by molar-refractivity contribution is 7.91. The van der Waals surface area contributed by atoms with Crippen molar-refractivity contribution in [1.29, 1.82) is 0 Å². The molecule has 1 aromatic carbocycles. The predicted octanol–water partition coefficient (Wildman–Crippen LogP) is 1.08. The minimum Gasteiger partial charge on any atom is -0.224 e. The molecule has 0 unspecified atom stereocenters. The molecule has 5 nitrogen and oxygen atoms in total. The molecule has 0 fully saturated rings. The Bertz CT molecular complexity index is 708. The second-order valence-corrected chi connectivity index (χ2v) is 7.90. The molecule has 0 saturated heterocycles. The summed E-state index contributed by atoms with van der Waals surface area (Å²) >= 11 is 0. The fourth-order valence-electron chi connectivity index (χ4n) is 1.22. The molecular formula is C11H14FNO4S2. The molecule has 0 radical (unpaired) electrons. The number of rotatable bonds is 5. The van der Waals surface area contributed by atoms with E-state index in [1.807, 2.05) is 0 Å². The first-order valence-electron chi connectivity index (χ1n) is 5.17. The zero-order valence-corrected chi connectivity index (χ0v) is 12.1. The second kappa shape index (κ2) is 5.40. The van der Waals surface area contributed by atoms with Crippen LogP contribution in [0.3, 0.4) is 0 Å². The Balaban J connectivity index is 3.30. The summed E-state index contributed by atoms with van der Waals surface area (Å²) in [6.45, 7) is 5.07. The number of halogens is 1. The molecule has 0 aromatic heterocycles. The third-order valence-corrected chi connectivity index (χ3v) is 4.71. The standard InChI is InChI=1S/C11H14FNO4S2/c1-8(2)7-13-19(16,17)11-6-9(18(3,14)15)4-5-10(11)12/h4-6,13H,1,7H2,2-3H3. The number of benzene rings is 1. The van der Waals surface area contributed by atoms with Gasteiger partial charge in [-0.2, -0.15) is 0 Å². The number of sulfone groups is 1. The summed E-state index contributed by atoms with van der Waals surface area (Å²) in [5, 5.41) is 0. The van der Waals surface area contributed by atoms with E-state index in [4.69, 9.17) is 0 Å². The van der Waals surface area contributed by atoms with Crippen molar-refractivity contribution >= 4 is 19.9 Å². The highest BCUT2D eigenvalue weighted by atomic mass is 32.2. The average molecular weight is 307 g/mol. The molecule has 8 heteroatoms. The van der Waals surface area contributed by atoms with Crippen LogP contribution in [-0.2, 0) is 19.9 Å². The van der Waals surface area contributed by atoms with Crippen molar-refractivity contribution in [3.05, 3.63) is 36.2 Å². The van der Waals surface area contributed by atoms with Gasteiger partial charge in [0.15, 0.2) is 9.84 Å². The van der Waals surface area contributed by atoms with Crippen LogP contribution in [-0.4, -0.2) is 29.6 Å². The summed E-state index contributed by atoms with van der Waals surface area (Å²) < 4.78 is 62.0. The lowest BCUT2D eigenvalue weighted by atomic mass is 10.3. The first kappa shape index (κ1) is 15.8. The van der Waals surface area contributed by atoms with Gasteiger partial charge in [-0.25, -0.2) is 25.9 Å². The van der Waals surface area contributed by atoms with Crippen LogP contribution in [0.1, 0.15) is 6.92 Å². The first-order chi connectivity index (χ1) is 8.54. The minimum atomic E-state index is -4.12. The largest absolute Gasteiger partial charge is 0.243 e. The molecule has 0 bridgehead atoms. The smallest absolute Gasteiger partial charge is 0.224 e. The van der Waals surface area contributed by atoms with Gasteiger partial charge in [-0.3, -0.25) is 0 Å². The molecule has 19 heavy (non-hydrogen) atoms. The zero-order valence-electron chi connectivity index (χ0n) is 10.5. The van der Waals surface area contributed by atoms with E-state index in [-0.39, 0.29) is 11.4 Å². The van der Waals surface area contributed by atoms with Gasteiger partial charge in [-0.05, 0) is 25.1 Å². The van der Waals surface area contributed by atoms with E-state index in [0.717, 1.165) is 24.5 Å². The SMILES string of the molecule is C=C(C)CNS(=O)(=O)c1cc(S(C)(=O)=O)ccc1F. The average Bonchev–Trinajstić information content (AvgIpc) is 2.25. The van der Waals surface area contributed by atoms with Crippen LogP contribution in [0, 0.1) is 5.82 Å². The van der Waals surface area contributed by atoms with Gasteiger partial charge in [0, 0.05) is 12.8 Å². The lowest BCUT2D eigenvalue weighted by Crippen LogP contribution is -2.26. The Morgan fingerprint density at radius 2 is 1.89 bits per heavy atom. The summed E-state index contributed by atoms with van der Waals surface area (Å²) in [5.41, 5.74) is 0.545. The minimum absolute atomic E-state index is 0.0507. The van der Waals surface area contributed by atoms with Crippen LogP contribution in [0.15, 0.2) is 40.1 Å². The van der Waals surface area contributed by atoms with E-state index >= 15 is 0 Å². The Labute approximate surface area is 112 Å². The molecule has 1 N–H and O–H groups in total. The fraction of sp³-hybridized carbons (Fsp3) is 0.273. The highest BCUT2D eigenvalue weighted by Crippen LogP contribution is 2.19. The molecule has 106 valence electrons. The molecule has 1 aromatic rings. The maximum atomic E-state index is 13.5. The Morgan fingerprint density at radius 3 is 2.37 bits per heavy atom. The Hall–Kier alpha value is -1.25. The van der Waals surface area contributed by atoms with Gasteiger partial charge in [0.1, 0.15) is 10.7 Å². The van der Waals surface area contributed by atoms with E-state index in [1.165, 1.54) is 0 Å². The van der Waals surface area contributed by atoms with Crippen LogP contribution in [0.4, 0.5) is 4.39 Å². The zero-order chi connectivity index (χ0) is 14.8. The van der Waals surface area contributed by atoms with Crippen molar-refractivity contribution in [2.45, 2.75) is 16.7 Å². The molecule has 0 aliphatic carbocycles. The molecule has 0 aliphatic rings. The summed E-state index contributed by atoms with van der Waals surface area (Å²) in [7, 11) is -7.73. The van der Waals surface area contributed by atoms with E-state index in [9.17, 15) is 21.2 Å². The molecule has 0 aliphatic heterocycles. The number of hydrogen-bond acceptors (Lipinski definition) is 4. The van der Waals surface area contributed by atoms with Crippen molar-refractivity contribution in [2.75, 3.05) is 12.8 Å². The number of nitrogens with one attached hydrogen (secondary N) is 1. The van der Waals surface area contributed by atoms with Crippen LogP contribution in [0.5, 0.6) is 0 Å². The van der Waals surface area contributed by atoms with Crippen molar-refractivity contribution in [2.24, 2.45) is 0 Å². The van der Waals surface area contributed by atoms with Crippen molar-refractivity contribution < 1.29 is 21.2 Å². The van der Waals surface area contributed by atoms with Crippen molar-refractivity contribution in [1.82, 2.24) is 4.72 Å². The first-order valence-corrected chi connectivity index (χ1v) is 8.55. The van der Waals surface area contributed by atoms with Gasteiger partial charge < -0.3 is 0 Å². The lowest BCUT2D eigenvalue weighted by Gasteiger charge is -2.08. The molecule has 0 amide bonds. The van der Waals surface area contributed by atoms with Crippen LogP contribution >= 0.6 is 0 Å². The normalized spacial score (nSPS) is 12.4. The van der Waals surface area contributed by atoms with Gasteiger partial charge in [0.25, 0.3) is 0 Å². The van der Waals surface area contributed by atoms with Crippen LogP contribution < -0.4 is 4.72 Å². The van der Waals surface area contributed by atoms with E-state index < -0.39 is 30.6 Å². The quantitative estimate of drug-likeness (QED) is 0.652. The number of hydrogen-bond donors (Lipinski definition) is 1. The Morgan fingerprint density at radius 1 is 1.32 bits per heavy atom. The lowest BCUT2D eigenvalue weighted by molar-refractivity contribution is 0.557. The van der Waals surface area contributed by atoms with Gasteiger partial charge in [0.2, 0.25) is 10.0 Å². The van der Waals surface area contributed by atoms with Crippen molar-refractivity contribution in [3.63, 3.8) is 0 Å². The summed E-state index contributed by atoms with van der Waals surface area (Å²) in [6, 6.07) is 2.62. The second-order valence-electron chi connectivity index (χ2n) is 4.15. The maximum Gasteiger partial charge on any atom is 0.243 e. The molecular weight excluding hydrogens is 293 g/mol. The van der Waals surface area contributed by atoms with Gasteiger partial charge >= 0.3 is 0 Å². The highest BCUT2D eigenvalue weighted by Gasteiger charge is 2.21. The van der Waals surface area contributed by atoms with Gasteiger partial charge in [0.05, 0.1) is 4.90 Å². The predicted molar refractivity (Wildman–Crippen MR) is 69.5 cm³/mol. The van der Waals surface area contributed by atoms with Gasteiger partial charge in [-0.15, -0.1) is 0 Å². The fourth-order valence-corrected chi connectivity index (χ4v) is 3.14. The van der Waals surface area contributed by atoms with E-state index in [2.05, 4.69) is 11.3 Å².